The third-order valence-electron chi connectivity index (χ3n) is 8.47. The maximum Gasteiger partial charge on any atom is 0.101 e. The van der Waals surface area contributed by atoms with E-state index >= 15 is 0 Å². The highest BCUT2D eigenvalue weighted by molar-refractivity contribution is 6.24. The van der Waals surface area contributed by atoms with E-state index in [-0.39, 0.29) is 0 Å². The molecule has 0 fully saturated rings. The number of fused-ring (bicyclic) bond motifs is 2. The number of benzene rings is 4. The Morgan fingerprint density at radius 3 is 1.52 bits per heavy atom. The van der Waals surface area contributed by atoms with Crippen molar-refractivity contribution in [2.75, 3.05) is 0 Å². The summed E-state index contributed by atoms with van der Waals surface area (Å²) in [5.41, 5.74) is 9.81. The first kappa shape index (κ1) is 28.5. The number of nitrogens with zero attached hydrogens (tertiary/aromatic N) is 6. The summed E-state index contributed by atoms with van der Waals surface area (Å²) < 4.78 is 0. The van der Waals surface area contributed by atoms with E-state index in [9.17, 15) is 10.5 Å². The summed E-state index contributed by atoms with van der Waals surface area (Å²) in [6, 6.07) is 45.2. The Bertz CT molecular complexity index is 2600. The molecule has 0 N–H and O–H groups in total. The molecular weight excluding hydrogens is 589 g/mol. The molecule has 0 radical (unpaired) electrons. The minimum Gasteiger partial charge on any atom is -0.263 e. The van der Waals surface area contributed by atoms with Crippen molar-refractivity contribution in [3.63, 3.8) is 0 Å². The van der Waals surface area contributed by atoms with E-state index in [4.69, 9.17) is 9.97 Å². The Balaban J connectivity index is 1.46. The second-order valence-electron chi connectivity index (χ2n) is 11.4. The van der Waals surface area contributed by atoms with E-state index in [1.165, 1.54) is 0 Å². The van der Waals surface area contributed by atoms with Crippen molar-refractivity contribution >= 4 is 21.5 Å². The van der Waals surface area contributed by atoms with Crippen LogP contribution in [0.1, 0.15) is 11.1 Å². The van der Waals surface area contributed by atoms with Gasteiger partial charge in [0.1, 0.15) is 12.1 Å². The van der Waals surface area contributed by atoms with Gasteiger partial charge in [-0.3, -0.25) is 9.97 Å². The summed E-state index contributed by atoms with van der Waals surface area (Å²) in [6.07, 6.45) is 6.58. The van der Waals surface area contributed by atoms with Crippen LogP contribution in [0.5, 0.6) is 0 Å². The van der Waals surface area contributed by atoms with Crippen molar-refractivity contribution in [2.24, 2.45) is 0 Å². The van der Waals surface area contributed by atoms with Crippen molar-refractivity contribution in [1.29, 1.82) is 10.5 Å². The molecule has 0 atom stereocenters. The molecule has 0 spiro atoms. The molecule has 0 bridgehead atoms. The summed E-state index contributed by atoms with van der Waals surface area (Å²) >= 11 is 0. The highest BCUT2D eigenvalue weighted by Gasteiger charge is 2.21. The maximum atomic E-state index is 9.51. The number of nitriles is 2. The molecule has 6 nitrogen and oxygen atoms in total. The average Bonchev–Trinajstić information content (AvgIpc) is 3.17. The fourth-order valence-corrected chi connectivity index (χ4v) is 6.38. The maximum absolute atomic E-state index is 9.51. The van der Waals surface area contributed by atoms with Gasteiger partial charge in [0.15, 0.2) is 0 Å². The van der Waals surface area contributed by atoms with Crippen LogP contribution in [-0.2, 0) is 0 Å². The first-order valence-electron chi connectivity index (χ1n) is 15.4. The van der Waals surface area contributed by atoms with Gasteiger partial charge in [0.2, 0.25) is 0 Å². The molecular formula is C42H24N6. The summed E-state index contributed by atoms with van der Waals surface area (Å²) in [4.78, 5) is 18.9. The zero-order valence-corrected chi connectivity index (χ0v) is 25.5. The lowest BCUT2D eigenvalue weighted by Crippen LogP contribution is -1.97. The molecule has 8 rings (SSSR count). The van der Waals surface area contributed by atoms with Gasteiger partial charge in [-0.25, -0.2) is 9.97 Å². The van der Waals surface area contributed by atoms with Crippen molar-refractivity contribution in [3.8, 4) is 68.3 Å². The third kappa shape index (κ3) is 5.01. The van der Waals surface area contributed by atoms with Crippen LogP contribution in [0.15, 0.2) is 146 Å². The Labute approximate surface area is 276 Å². The molecule has 4 aromatic carbocycles. The van der Waals surface area contributed by atoms with E-state index in [1.807, 2.05) is 54.6 Å². The molecule has 0 aliphatic rings. The monoisotopic (exact) mass is 612 g/mol. The van der Waals surface area contributed by atoms with E-state index < -0.39 is 0 Å². The first-order chi connectivity index (χ1) is 23.7. The third-order valence-corrected chi connectivity index (χ3v) is 8.47. The molecule has 4 aromatic heterocycles. The van der Waals surface area contributed by atoms with Gasteiger partial charge in [-0.2, -0.15) is 10.5 Å². The topological polar surface area (TPSA) is 99.1 Å². The van der Waals surface area contributed by atoms with Crippen LogP contribution in [0.4, 0.5) is 0 Å². The summed E-state index contributed by atoms with van der Waals surface area (Å²) in [5.74, 6) is 0. The fourth-order valence-electron chi connectivity index (χ4n) is 6.38. The van der Waals surface area contributed by atoms with Gasteiger partial charge in [0.25, 0.3) is 0 Å². The van der Waals surface area contributed by atoms with E-state index in [0.29, 0.717) is 11.1 Å². The predicted octanol–water partition coefficient (Wildman–Crippen LogP) is 9.65. The summed E-state index contributed by atoms with van der Waals surface area (Å²) in [5, 5.41) is 23.2. The van der Waals surface area contributed by atoms with Crippen molar-refractivity contribution in [3.05, 3.63) is 157 Å². The lowest BCUT2D eigenvalue weighted by molar-refractivity contribution is 1.27. The largest absolute Gasteiger partial charge is 0.263 e. The quantitative estimate of drug-likeness (QED) is 0.179. The Kier molecular flexibility index (Phi) is 7.15. The van der Waals surface area contributed by atoms with Gasteiger partial charge in [0.05, 0.1) is 33.9 Å². The molecule has 0 aliphatic heterocycles. The van der Waals surface area contributed by atoms with Gasteiger partial charge in [-0.05, 0) is 63.7 Å². The Hall–Kier alpha value is -7.02. The fraction of sp³-hybridized carbons (Fsp3) is 0. The minimum atomic E-state index is 0.483. The van der Waals surface area contributed by atoms with E-state index in [1.54, 1.807) is 24.8 Å². The standard InChI is InChI=1S/C42H24N6/c43-21-27-19-30(25-45-23-27)36-15-7-17-38(47-36)40-33-11-4-5-12-34(33)42(41-32(13-6-14-35(40)41)29-9-2-1-3-10-29)39-18-8-16-37(48-39)31-20-28(22-44)24-46-26-31/h1-20,23-26H. The van der Waals surface area contributed by atoms with Crippen molar-refractivity contribution in [1.82, 2.24) is 19.9 Å². The van der Waals surface area contributed by atoms with Crippen LogP contribution in [0, 0.1) is 22.7 Å². The van der Waals surface area contributed by atoms with Crippen molar-refractivity contribution in [2.45, 2.75) is 0 Å². The van der Waals surface area contributed by atoms with Crippen LogP contribution < -0.4 is 0 Å². The van der Waals surface area contributed by atoms with Gasteiger partial charge >= 0.3 is 0 Å². The predicted molar refractivity (Wildman–Crippen MR) is 189 cm³/mol. The molecule has 0 unspecified atom stereocenters. The summed E-state index contributed by atoms with van der Waals surface area (Å²) in [6.45, 7) is 0. The molecule has 0 saturated heterocycles. The smallest absolute Gasteiger partial charge is 0.101 e. The number of rotatable bonds is 5. The lowest BCUT2D eigenvalue weighted by Gasteiger charge is -2.20. The SMILES string of the molecule is N#Cc1cncc(-c2cccc(-c3c4ccccc4c(-c4cccc(-c5cncc(C#N)c5)n4)c4c(-c5ccccc5)cccc34)n2)c1. The average molecular weight is 613 g/mol. The second-order valence-corrected chi connectivity index (χ2v) is 11.4. The molecule has 0 aliphatic carbocycles. The van der Waals surface area contributed by atoms with Gasteiger partial charge < -0.3 is 0 Å². The molecule has 222 valence electrons. The molecule has 48 heavy (non-hydrogen) atoms. The highest BCUT2D eigenvalue weighted by atomic mass is 14.7. The molecule has 4 heterocycles. The number of aromatic nitrogens is 4. The normalized spacial score (nSPS) is 10.9. The highest BCUT2D eigenvalue weighted by Crippen LogP contribution is 2.46. The molecule has 0 saturated carbocycles. The molecule has 6 heteroatoms. The van der Waals surface area contributed by atoms with Gasteiger partial charge in [-0.1, -0.05) is 84.9 Å². The van der Waals surface area contributed by atoms with Crippen molar-refractivity contribution < 1.29 is 0 Å². The Morgan fingerprint density at radius 1 is 0.417 bits per heavy atom. The summed E-state index contributed by atoms with van der Waals surface area (Å²) in [7, 11) is 0. The number of pyridine rings is 4. The molecule has 8 aromatic rings. The Morgan fingerprint density at radius 2 is 0.917 bits per heavy atom. The van der Waals surface area contributed by atoms with Crippen LogP contribution in [-0.4, -0.2) is 19.9 Å². The zero-order valence-electron chi connectivity index (χ0n) is 25.5. The van der Waals surface area contributed by atoms with Crippen LogP contribution >= 0.6 is 0 Å². The van der Waals surface area contributed by atoms with E-state index in [0.717, 1.165) is 77.7 Å². The molecule has 0 amide bonds. The van der Waals surface area contributed by atoms with Gasteiger partial charge in [-0.15, -0.1) is 0 Å². The van der Waals surface area contributed by atoms with Gasteiger partial charge in [0, 0.05) is 52.4 Å². The number of hydrogen-bond acceptors (Lipinski definition) is 6. The van der Waals surface area contributed by atoms with Crippen LogP contribution in [0.2, 0.25) is 0 Å². The van der Waals surface area contributed by atoms with Crippen LogP contribution in [0.3, 0.4) is 0 Å². The number of hydrogen-bond donors (Lipinski definition) is 0. The van der Waals surface area contributed by atoms with E-state index in [2.05, 4.69) is 88.8 Å². The first-order valence-corrected chi connectivity index (χ1v) is 15.4. The van der Waals surface area contributed by atoms with Crippen LogP contribution in [0.25, 0.3) is 77.7 Å². The minimum absolute atomic E-state index is 0.483. The second kappa shape index (κ2) is 12.1. The zero-order chi connectivity index (χ0) is 32.5. The lowest BCUT2D eigenvalue weighted by atomic mass is 9.85.